The Morgan fingerprint density at radius 3 is 2.53 bits per heavy atom. The number of nitro benzene ring substituents is 1. The third kappa shape index (κ3) is 4.31. The Balaban J connectivity index is 1.58. The van der Waals surface area contributed by atoms with Crippen LogP contribution in [0.15, 0.2) is 102 Å². The van der Waals surface area contributed by atoms with Crippen molar-refractivity contribution in [1.82, 2.24) is 4.98 Å². The number of carbonyl (C=O) groups excluding carboxylic acids is 2. The van der Waals surface area contributed by atoms with E-state index in [1.165, 1.54) is 18.4 Å². The van der Waals surface area contributed by atoms with Crippen LogP contribution in [0, 0.1) is 10.1 Å². The number of anilines is 1. The number of hydrogen-bond donors (Lipinski definition) is 1. The molecule has 1 amide bonds. The van der Waals surface area contributed by atoms with Gasteiger partial charge in [-0.3, -0.25) is 24.6 Å². The van der Waals surface area contributed by atoms with Crippen molar-refractivity contribution in [2.24, 2.45) is 0 Å². The lowest BCUT2D eigenvalue weighted by atomic mass is 9.95. The highest BCUT2D eigenvalue weighted by molar-refractivity contribution is 9.10. The molecular weight excluding hydrogens is 602 g/mol. The van der Waals surface area contributed by atoms with Crippen LogP contribution in [-0.2, 0) is 14.6 Å². The molecule has 3 heterocycles. The highest BCUT2D eigenvalue weighted by Crippen LogP contribution is 2.44. The number of nitrogens with zero attached hydrogens (tertiary/aromatic N) is 3. The zero-order valence-electron chi connectivity index (χ0n) is 18.8. The standard InChI is InChI=1S/C24H14BrN3O8S2/c25-14-4-1-3-13(11-14)20-19(21(29)17-5-2-10-36-17)22(30)23(31)27(20)24-26-12-18(37-24)38(34,35)16-8-6-15(7-9-16)28(32)33/h1-12,20,30H. The molecule has 2 aromatic heterocycles. The molecule has 0 aliphatic carbocycles. The van der Waals surface area contributed by atoms with Crippen molar-refractivity contribution < 1.29 is 32.5 Å². The SMILES string of the molecule is O=C(C1=C(O)C(=O)N(c2ncc(S(=O)(=O)c3ccc([N+](=O)[O-])cc3)s2)C1c1cccc(Br)c1)c1ccco1. The number of aliphatic hydroxyl groups excluding tert-OH is 1. The number of ketones is 1. The molecule has 0 bridgehead atoms. The maximum absolute atomic E-state index is 13.3. The van der Waals surface area contributed by atoms with E-state index in [9.17, 15) is 33.2 Å². The Hall–Kier alpha value is -4.14. The number of furan rings is 1. The van der Waals surface area contributed by atoms with Crippen LogP contribution in [0.5, 0.6) is 0 Å². The van der Waals surface area contributed by atoms with E-state index in [1.54, 1.807) is 24.3 Å². The molecular formula is C24H14BrN3O8S2. The van der Waals surface area contributed by atoms with Crippen LogP contribution in [0.3, 0.4) is 0 Å². The van der Waals surface area contributed by atoms with E-state index in [-0.39, 0.29) is 31.3 Å². The molecule has 11 nitrogen and oxygen atoms in total. The van der Waals surface area contributed by atoms with Crippen molar-refractivity contribution in [3.63, 3.8) is 0 Å². The average Bonchev–Trinajstić information content (AvgIpc) is 3.65. The van der Waals surface area contributed by atoms with E-state index in [0.29, 0.717) is 21.4 Å². The number of non-ortho nitro benzene ring substituents is 1. The fraction of sp³-hybridized carbons (Fsp3) is 0.0417. The lowest BCUT2D eigenvalue weighted by molar-refractivity contribution is -0.384. The summed E-state index contributed by atoms with van der Waals surface area (Å²) in [4.78, 5) is 41.8. The molecule has 4 aromatic rings. The quantitative estimate of drug-likeness (QED) is 0.171. The minimum atomic E-state index is -4.15. The van der Waals surface area contributed by atoms with Gasteiger partial charge in [-0.15, -0.1) is 0 Å². The molecule has 14 heteroatoms. The molecule has 5 rings (SSSR count). The molecule has 38 heavy (non-hydrogen) atoms. The van der Waals surface area contributed by atoms with E-state index in [0.717, 1.165) is 35.4 Å². The number of amides is 1. The van der Waals surface area contributed by atoms with Crippen LogP contribution >= 0.6 is 27.3 Å². The first-order chi connectivity index (χ1) is 18.1. The molecule has 192 valence electrons. The summed E-state index contributed by atoms with van der Waals surface area (Å²) in [6.45, 7) is 0. The number of thiazole rings is 1. The average molecular weight is 616 g/mol. The topological polar surface area (TPSA) is 161 Å². The van der Waals surface area contributed by atoms with Gasteiger partial charge in [-0.25, -0.2) is 13.4 Å². The number of Topliss-reactive ketones (excluding diaryl/α,β-unsaturated/α-hetero) is 1. The summed E-state index contributed by atoms with van der Waals surface area (Å²) < 4.78 is 31.9. The first kappa shape index (κ1) is 25.5. The maximum atomic E-state index is 13.3. The fourth-order valence-corrected chi connectivity index (χ4v) is 6.88. The van der Waals surface area contributed by atoms with Crippen molar-refractivity contribution in [1.29, 1.82) is 0 Å². The maximum Gasteiger partial charge on any atom is 0.296 e. The fourth-order valence-electron chi connectivity index (χ4n) is 3.92. The number of benzene rings is 2. The summed E-state index contributed by atoms with van der Waals surface area (Å²) in [5.74, 6) is -2.57. The van der Waals surface area contributed by atoms with Crippen LogP contribution < -0.4 is 4.90 Å². The van der Waals surface area contributed by atoms with Gasteiger partial charge < -0.3 is 9.52 Å². The van der Waals surface area contributed by atoms with Gasteiger partial charge in [-0.1, -0.05) is 39.4 Å². The van der Waals surface area contributed by atoms with E-state index in [2.05, 4.69) is 20.9 Å². The smallest absolute Gasteiger partial charge is 0.296 e. The zero-order chi connectivity index (χ0) is 27.2. The summed E-state index contributed by atoms with van der Waals surface area (Å²) in [5.41, 5.74) is -0.0801. The third-order valence-corrected chi connectivity index (χ3v) is 9.38. The van der Waals surface area contributed by atoms with Crippen LogP contribution in [0.1, 0.15) is 22.2 Å². The van der Waals surface area contributed by atoms with Crippen LogP contribution in [0.25, 0.3) is 0 Å². The van der Waals surface area contributed by atoms with E-state index in [1.807, 2.05) is 0 Å². The molecule has 1 N–H and O–H groups in total. The van der Waals surface area contributed by atoms with Crippen molar-refractivity contribution >= 4 is 59.6 Å². The molecule has 0 saturated heterocycles. The Morgan fingerprint density at radius 2 is 1.89 bits per heavy atom. The second kappa shape index (κ2) is 9.63. The number of hydrogen-bond acceptors (Lipinski definition) is 10. The molecule has 1 atom stereocenters. The van der Waals surface area contributed by atoms with Crippen molar-refractivity contribution in [3.05, 3.63) is 110 Å². The number of carbonyl (C=O) groups is 2. The molecule has 1 unspecified atom stereocenters. The van der Waals surface area contributed by atoms with Crippen LogP contribution in [-0.4, -0.2) is 35.1 Å². The molecule has 0 spiro atoms. The summed E-state index contributed by atoms with van der Waals surface area (Å²) in [7, 11) is -4.15. The Kier molecular flexibility index (Phi) is 6.46. The van der Waals surface area contributed by atoms with Gasteiger partial charge in [-0.05, 0) is 42.0 Å². The predicted molar refractivity (Wildman–Crippen MR) is 138 cm³/mol. The molecule has 2 aromatic carbocycles. The van der Waals surface area contributed by atoms with Gasteiger partial charge in [0.15, 0.2) is 16.7 Å². The van der Waals surface area contributed by atoms with Crippen LogP contribution in [0.4, 0.5) is 10.8 Å². The molecule has 0 radical (unpaired) electrons. The summed E-state index contributed by atoms with van der Waals surface area (Å²) >= 11 is 4.01. The minimum Gasteiger partial charge on any atom is -0.503 e. The monoisotopic (exact) mass is 615 g/mol. The van der Waals surface area contributed by atoms with Gasteiger partial charge in [0.1, 0.15) is 4.21 Å². The predicted octanol–water partition coefficient (Wildman–Crippen LogP) is 5.02. The van der Waals surface area contributed by atoms with E-state index >= 15 is 0 Å². The van der Waals surface area contributed by atoms with Gasteiger partial charge in [0.05, 0.1) is 33.9 Å². The van der Waals surface area contributed by atoms with Crippen molar-refractivity contribution in [2.75, 3.05) is 4.90 Å². The Bertz CT molecular complexity index is 1730. The summed E-state index contributed by atoms with van der Waals surface area (Å²) in [6.07, 6.45) is 2.33. The van der Waals surface area contributed by atoms with Crippen LogP contribution in [0.2, 0.25) is 0 Å². The Labute approximate surface area is 226 Å². The molecule has 0 saturated carbocycles. The summed E-state index contributed by atoms with van der Waals surface area (Å²) in [5, 5.41) is 21.6. The molecule has 0 fully saturated rings. The highest BCUT2D eigenvalue weighted by atomic mass is 79.9. The third-order valence-electron chi connectivity index (χ3n) is 5.66. The van der Waals surface area contributed by atoms with Gasteiger partial charge in [0.25, 0.3) is 11.6 Å². The number of halogens is 1. The summed E-state index contributed by atoms with van der Waals surface area (Å²) in [6, 6.07) is 12.8. The zero-order valence-corrected chi connectivity index (χ0v) is 22.1. The van der Waals surface area contributed by atoms with E-state index < -0.39 is 38.3 Å². The van der Waals surface area contributed by atoms with Crippen molar-refractivity contribution in [3.8, 4) is 0 Å². The number of rotatable bonds is 7. The first-order valence-electron chi connectivity index (χ1n) is 10.7. The molecule has 1 aliphatic rings. The lowest BCUT2D eigenvalue weighted by Gasteiger charge is -2.24. The highest BCUT2D eigenvalue weighted by Gasteiger charge is 2.46. The second-order valence-electron chi connectivity index (χ2n) is 7.92. The van der Waals surface area contributed by atoms with Gasteiger partial charge in [-0.2, -0.15) is 0 Å². The largest absolute Gasteiger partial charge is 0.503 e. The van der Waals surface area contributed by atoms with Crippen molar-refractivity contribution in [2.45, 2.75) is 15.1 Å². The normalized spacial score (nSPS) is 15.8. The molecule has 1 aliphatic heterocycles. The van der Waals surface area contributed by atoms with Gasteiger partial charge >= 0.3 is 0 Å². The number of nitro groups is 1. The van der Waals surface area contributed by atoms with Gasteiger partial charge in [0.2, 0.25) is 15.6 Å². The number of aromatic nitrogens is 1. The lowest BCUT2D eigenvalue weighted by Crippen LogP contribution is -2.30. The minimum absolute atomic E-state index is 0.0887. The first-order valence-corrected chi connectivity index (χ1v) is 13.7. The van der Waals surface area contributed by atoms with E-state index in [4.69, 9.17) is 4.42 Å². The second-order valence-corrected chi connectivity index (χ2v) is 12.0. The van der Waals surface area contributed by atoms with Gasteiger partial charge in [0, 0.05) is 16.6 Å². The number of sulfone groups is 1. The Morgan fingerprint density at radius 1 is 1.16 bits per heavy atom. The number of aliphatic hydroxyl groups is 1.